The molecule has 3 rings (SSSR count). The minimum atomic E-state index is 0.644. The first kappa shape index (κ1) is 15.8. The van der Waals surface area contributed by atoms with Crippen LogP contribution in [0.15, 0.2) is 54.1 Å². The van der Waals surface area contributed by atoms with Gasteiger partial charge in [0.15, 0.2) is 0 Å². The predicted octanol–water partition coefficient (Wildman–Crippen LogP) is 6.65. The van der Waals surface area contributed by atoms with Crippen LogP contribution in [-0.4, -0.2) is 0 Å². The van der Waals surface area contributed by atoms with E-state index in [4.69, 9.17) is 0 Å². The van der Waals surface area contributed by atoms with E-state index in [2.05, 4.69) is 83.2 Å². The third-order valence-electron chi connectivity index (χ3n) is 4.96. The number of hydrogen-bond donors (Lipinski definition) is 0. The fourth-order valence-electron chi connectivity index (χ4n) is 3.71. The van der Waals surface area contributed by atoms with E-state index < -0.39 is 0 Å². The maximum absolute atomic E-state index is 2.43. The molecule has 1 aliphatic carbocycles. The monoisotopic (exact) mass is 302 g/mol. The average Bonchev–Trinajstić information content (AvgIpc) is 2.51. The van der Waals surface area contributed by atoms with Gasteiger partial charge in [0.1, 0.15) is 0 Å². The minimum absolute atomic E-state index is 0.644. The van der Waals surface area contributed by atoms with E-state index in [9.17, 15) is 0 Å². The molecule has 1 aliphatic rings. The Morgan fingerprint density at radius 1 is 0.783 bits per heavy atom. The van der Waals surface area contributed by atoms with Crippen molar-refractivity contribution >= 4 is 5.57 Å². The van der Waals surface area contributed by atoms with Crippen molar-refractivity contribution < 1.29 is 0 Å². The van der Waals surface area contributed by atoms with E-state index in [1.807, 2.05) is 0 Å². The highest BCUT2D eigenvalue weighted by Gasteiger charge is 2.19. The van der Waals surface area contributed by atoms with Gasteiger partial charge in [-0.1, -0.05) is 55.5 Å². The third-order valence-corrected chi connectivity index (χ3v) is 4.96. The molecule has 1 unspecified atom stereocenters. The van der Waals surface area contributed by atoms with Crippen molar-refractivity contribution in [3.63, 3.8) is 0 Å². The second-order valence-electron chi connectivity index (χ2n) is 6.94. The van der Waals surface area contributed by atoms with Crippen molar-refractivity contribution in [1.29, 1.82) is 0 Å². The number of hydrogen-bond acceptors (Lipinski definition) is 0. The van der Waals surface area contributed by atoms with Crippen LogP contribution in [0.3, 0.4) is 0 Å². The summed E-state index contributed by atoms with van der Waals surface area (Å²) in [6.45, 7) is 11.2. The molecule has 0 saturated carbocycles. The summed E-state index contributed by atoms with van der Waals surface area (Å²) in [6, 6.07) is 13.3. The topological polar surface area (TPSA) is 0 Å². The molecule has 0 heteroatoms. The van der Waals surface area contributed by atoms with Crippen LogP contribution in [0.25, 0.3) is 16.7 Å². The fraction of sp³-hybridized carbons (Fsp3) is 0.304. The van der Waals surface area contributed by atoms with Crippen molar-refractivity contribution in [3.8, 4) is 11.1 Å². The third kappa shape index (κ3) is 2.91. The lowest BCUT2D eigenvalue weighted by molar-refractivity contribution is 0.732. The fourth-order valence-corrected chi connectivity index (χ4v) is 3.71. The van der Waals surface area contributed by atoms with Crippen molar-refractivity contribution in [2.24, 2.45) is 5.92 Å². The Hall–Kier alpha value is -2.08. The smallest absolute Gasteiger partial charge is 0.00708 e. The number of rotatable bonds is 2. The van der Waals surface area contributed by atoms with E-state index in [0.717, 1.165) is 6.42 Å². The summed E-state index contributed by atoms with van der Waals surface area (Å²) in [4.78, 5) is 0. The SMILES string of the molecule is CC1=CC(C)CC=C1c1c(C)ccc(C)c1-c1ccccc1C. The summed E-state index contributed by atoms with van der Waals surface area (Å²) in [5.41, 5.74) is 11.1. The van der Waals surface area contributed by atoms with Crippen molar-refractivity contribution in [2.75, 3.05) is 0 Å². The van der Waals surface area contributed by atoms with Gasteiger partial charge in [-0.25, -0.2) is 0 Å². The molecule has 0 spiro atoms. The molecular formula is C23H26. The molecule has 0 nitrogen and oxygen atoms in total. The molecule has 0 heterocycles. The van der Waals surface area contributed by atoms with Gasteiger partial charge in [0.2, 0.25) is 0 Å². The van der Waals surface area contributed by atoms with Crippen LogP contribution in [0.1, 0.15) is 42.5 Å². The summed E-state index contributed by atoms with van der Waals surface area (Å²) < 4.78 is 0. The Bertz CT molecular complexity index is 803. The lowest BCUT2D eigenvalue weighted by Gasteiger charge is -2.24. The van der Waals surface area contributed by atoms with Gasteiger partial charge in [0.25, 0.3) is 0 Å². The number of aryl methyl sites for hydroxylation is 3. The summed E-state index contributed by atoms with van der Waals surface area (Å²) in [5.74, 6) is 0.644. The second kappa shape index (κ2) is 6.20. The zero-order valence-electron chi connectivity index (χ0n) is 14.9. The molecule has 2 aromatic carbocycles. The van der Waals surface area contributed by atoms with E-state index in [1.54, 1.807) is 0 Å². The van der Waals surface area contributed by atoms with Crippen molar-refractivity contribution in [2.45, 2.75) is 41.0 Å². The number of benzene rings is 2. The van der Waals surface area contributed by atoms with E-state index in [-0.39, 0.29) is 0 Å². The zero-order valence-corrected chi connectivity index (χ0v) is 14.9. The van der Waals surface area contributed by atoms with Gasteiger partial charge in [0.05, 0.1) is 0 Å². The lowest BCUT2D eigenvalue weighted by atomic mass is 9.81. The van der Waals surface area contributed by atoms with Crippen LogP contribution in [0.5, 0.6) is 0 Å². The van der Waals surface area contributed by atoms with Crippen LogP contribution < -0.4 is 0 Å². The molecule has 1 atom stereocenters. The lowest BCUT2D eigenvalue weighted by Crippen LogP contribution is -2.04. The maximum Gasteiger partial charge on any atom is -0.00708 e. The van der Waals surface area contributed by atoms with Crippen LogP contribution in [0, 0.1) is 26.7 Å². The van der Waals surface area contributed by atoms with Gasteiger partial charge in [0, 0.05) is 0 Å². The van der Waals surface area contributed by atoms with Crippen LogP contribution in [0.2, 0.25) is 0 Å². The molecule has 0 aromatic heterocycles. The van der Waals surface area contributed by atoms with Gasteiger partial charge in [-0.2, -0.15) is 0 Å². The molecule has 2 aromatic rings. The first-order valence-electron chi connectivity index (χ1n) is 8.54. The first-order valence-corrected chi connectivity index (χ1v) is 8.54. The molecule has 23 heavy (non-hydrogen) atoms. The standard InChI is InChI=1S/C23H26/c1-15-10-13-21(19(5)14-15)23-18(4)12-11-17(3)22(23)20-9-7-6-8-16(20)2/h6-9,11-15H,10H2,1-5H3. The minimum Gasteiger partial charge on any atom is -0.0778 e. The Morgan fingerprint density at radius 3 is 2.09 bits per heavy atom. The van der Waals surface area contributed by atoms with Gasteiger partial charge in [-0.3, -0.25) is 0 Å². The van der Waals surface area contributed by atoms with Crippen molar-refractivity contribution in [3.05, 3.63) is 76.4 Å². The summed E-state index contributed by atoms with van der Waals surface area (Å²) in [7, 11) is 0. The van der Waals surface area contributed by atoms with E-state index in [0.29, 0.717) is 5.92 Å². The van der Waals surface area contributed by atoms with E-state index in [1.165, 1.54) is 44.5 Å². The molecule has 118 valence electrons. The molecule has 0 fully saturated rings. The summed E-state index contributed by atoms with van der Waals surface area (Å²) in [5, 5.41) is 0. The normalized spacial score (nSPS) is 17.7. The Kier molecular flexibility index (Phi) is 4.26. The molecule has 0 saturated heterocycles. The Morgan fingerprint density at radius 2 is 1.43 bits per heavy atom. The van der Waals surface area contributed by atoms with Gasteiger partial charge in [-0.05, 0) is 84.6 Å². The second-order valence-corrected chi connectivity index (χ2v) is 6.94. The van der Waals surface area contributed by atoms with Gasteiger partial charge in [-0.15, -0.1) is 0 Å². The summed E-state index contributed by atoms with van der Waals surface area (Å²) >= 11 is 0. The molecular weight excluding hydrogens is 276 g/mol. The van der Waals surface area contributed by atoms with E-state index >= 15 is 0 Å². The van der Waals surface area contributed by atoms with Crippen LogP contribution in [-0.2, 0) is 0 Å². The highest BCUT2D eigenvalue weighted by atomic mass is 14.2. The predicted molar refractivity (Wildman–Crippen MR) is 102 cm³/mol. The maximum atomic E-state index is 2.43. The highest BCUT2D eigenvalue weighted by Crippen LogP contribution is 2.40. The van der Waals surface area contributed by atoms with Crippen molar-refractivity contribution in [1.82, 2.24) is 0 Å². The van der Waals surface area contributed by atoms with Crippen LogP contribution >= 0.6 is 0 Å². The van der Waals surface area contributed by atoms with Crippen LogP contribution in [0.4, 0.5) is 0 Å². The Labute approximate surface area is 140 Å². The van der Waals surface area contributed by atoms with Gasteiger partial charge >= 0.3 is 0 Å². The molecule has 0 bridgehead atoms. The first-order chi connectivity index (χ1) is 11.0. The molecule has 0 amide bonds. The van der Waals surface area contributed by atoms with Gasteiger partial charge < -0.3 is 0 Å². The molecule has 0 N–H and O–H groups in total. The Balaban J connectivity index is 2.29. The molecule has 0 radical (unpaired) electrons. The molecule has 0 aliphatic heterocycles. The quantitative estimate of drug-likeness (QED) is 0.582. The zero-order chi connectivity index (χ0) is 16.6. The summed E-state index contributed by atoms with van der Waals surface area (Å²) in [6.07, 6.45) is 5.98. The average molecular weight is 302 g/mol. The highest BCUT2D eigenvalue weighted by molar-refractivity contribution is 5.92. The number of allylic oxidation sites excluding steroid dienone is 4. The largest absolute Gasteiger partial charge is 0.0778 e.